The van der Waals surface area contributed by atoms with Gasteiger partial charge in [-0.25, -0.2) is 4.39 Å². The van der Waals surface area contributed by atoms with E-state index in [1.165, 1.54) is 30.7 Å². The molecule has 3 N–H and O–H groups in total. The molecule has 0 aromatic heterocycles. The van der Waals surface area contributed by atoms with Gasteiger partial charge < -0.3 is 15.8 Å². The molecule has 110 valence electrons. The molecule has 1 aromatic rings. The summed E-state index contributed by atoms with van der Waals surface area (Å²) in [6.07, 6.45) is 5.38. The Morgan fingerprint density at radius 1 is 1.25 bits per heavy atom. The molecular formula is C15H21FN2O2. The molecule has 1 fully saturated rings. The fraction of sp³-hybridized carbons (Fsp3) is 0.533. The molecular weight excluding hydrogens is 259 g/mol. The quantitative estimate of drug-likeness (QED) is 0.870. The molecule has 0 atom stereocenters. The van der Waals surface area contributed by atoms with Crippen LogP contribution in [0.15, 0.2) is 24.3 Å². The molecule has 2 rings (SSSR count). The molecule has 0 unspecified atom stereocenters. The van der Waals surface area contributed by atoms with Crippen molar-refractivity contribution in [1.29, 1.82) is 0 Å². The van der Waals surface area contributed by atoms with Crippen LogP contribution < -0.4 is 11.1 Å². The van der Waals surface area contributed by atoms with Crippen LogP contribution >= 0.6 is 0 Å². The number of nitrogens with one attached hydrogen (secondary N) is 1. The lowest BCUT2D eigenvalue weighted by Crippen LogP contribution is -2.46. The summed E-state index contributed by atoms with van der Waals surface area (Å²) in [6.45, 7) is 0.375. The lowest BCUT2D eigenvalue weighted by molar-refractivity contribution is -0.121. The number of hydrogen-bond acceptors (Lipinski definition) is 3. The maximum atomic E-state index is 12.7. The topological polar surface area (TPSA) is 64.3 Å². The highest BCUT2D eigenvalue weighted by Gasteiger charge is 2.27. The number of benzene rings is 1. The summed E-state index contributed by atoms with van der Waals surface area (Å²) in [4.78, 5) is 11.7. The lowest BCUT2D eigenvalue weighted by atomic mass is 9.83. The minimum Gasteiger partial charge on any atom is -0.370 e. The zero-order chi connectivity index (χ0) is 14.4. The number of rotatable bonds is 5. The number of carbonyl (C=O) groups is 1. The number of hydrogen-bond donors (Lipinski definition) is 2. The number of amides is 1. The molecule has 4 nitrogen and oxygen atoms in total. The monoisotopic (exact) mass is 280 g/mol. The highest BCUT2D eigenvalue weighted by atomic mass is 19.1. The Labute approximate surface area is 118 Å². The Bertz CT molecular complexity index is 442. The van der Waals surface area contributed by atoms with Crippen molar-refractivity contribution in [2.45, 2.75) is 37.6 Å². The average Bonchev–Trinajstić information content (AvgIpc) is 2.42. The third-order valence-electron chi connectivity index (χ3n) is 3.60. The number of halogens is 1. The van der Waals surface area contributed by atoms with Gasteiger partial charge in [-0.2, -0.15) is 0 Å². The van der Waals surface area contributed by atoms with Crippen molar-refractivity contribution in [3.8, 4) is 0 Å². The first-order chi connectivity index (χ1) is 9.57. The van der Waals surface area contributed by atoms with Crippen molar-refractivity contribution < 1.29 is 13.9 Å². The third-order valence-corrected chi connectivity index (χ3v) is 3.60. The van der Waals surface area contributed by atoms with Crippen LogP contribution in [-0.4, -0.2) is 24.7 Å². The first-order valence-corrected chi connectivity index (χ1v) is 6.99. The van der Waals surface area contributed by atoms with Gasteiger partial charge in [0, 0.05) is 11.2 Å². The molecule has 20 heavy (non-hydrogen) atoms. The largest absolute Gasteiger partial charge is 0.370 e. The summed E-state index contributed by atoms with van der Waals surface area (Å²) in [5, 5.41) is 2.65. The number of ether oxygens (including phenoxy) is 1. The van der Waals surface area contributed by atoms with Crippen LogP contribution in [0.4, 0.5) is 10.1 Å². The molecule has 1 aliphatic rings. The second-order valence-corrected chi connectivity index (χ2v) is 5.47. The second-order valence-electron chi connectivity index (χ2n) is 5.47. The van der Waals surface area contributed by atoms with Crippen molar-refractivity contribution in [1.82, 2.24) is 0 Å². The van der Waals surface area contributed by atoms with Gasteiger partial charge in [0.1, 0.15) is 12.4 Å². The molecule has 1 amide bonds. The summed E-state index contributed by atoms with van der Waals surface area (Å²) in [5.74, 6) is -0.586. The van der Waals surface area contributed by atoms with Crippen molar-refractivity contribution in [2.24, 2.45) is 5.73 Å². The van der Waals surface area contributed by atoms with E-state index < -0.39 is 0 Å². The van der Waals surface area contributed by atoms with Gasteiger partial charge in [0.2, 0.25) is 5.91 Å². The zero-order valence-corrected chi connectivity index (χ0v) is 11.5. The maximum absolute atomic E-state index is 12.7. The van der Waals surface area contributed by atoms with Crippen molar-refractivity contribution in [3.05, 3.63) is 30.1 Å². The van der Waals surface area contributed by atoms with Crippen molar-refractivity contribution in [2.75, 3.05) is 18.5 Å². The predicted octanol–water partition coefficient (Wildman–Crippen LogP) is 2.44. The van der Waals surface area contributed by atoms with E-state index in [4.69, 9.17) is 10.5 Å². The SMILES string of the molecule is NC1(COCC(=O)Nc2ccc(F)cc2)CCCCC1. The van der Waals surface area contributed by atoms with E-state index in [1.54, 1.807) is 0 Å². The standard InChI is InChI=1S/C15H21FN2O2/c16-12-4-6-13(7-5-12)18-14(19)10-20-11-15(17)8-2-1-3-9-15/h4-7H,1-3,8-11,17H2,(H,18,19). The minimum absolute atomic E-state index is 0.0314. The normalized spacial score (nSPS) is 17.7. The van der Waals surface area contributed by atoms with E-state index in [-0.39, 0.29) is 23.9 Å². The van der Waals surface area contributed by atoms with Gasteiger partial charge in [0.25, 0.3) is 0 Å². The van der Waals surface area contributed by atoms with Gasteiger partial charge in [-0.05, 0) is 37.1 Å². The van der Waals surface area contributed by atoms with Gasteiger partial charge in [-0.1, -0.05) is 19.3 Å². The Kier molecular flexibility index (Phi) is 5.09. The Balaban J connectivity index is 1.71. The molecule has 0 aliphatic heterocycles. The van der Waals surface area contributed by atoms with Crippen LogP contribution in [0.25, 0.3) is 0 Å². The fourth-order valence-corrected chi connectivity index (χ4v) is 2.48. The Hall–Kier alpha value is -1.46. The number of anilines is 1. The molecule has 0 heterocycles. The fourth-order valence-electron chi connectivity index (χ4n) is 2.48. The van der Waals surface area contributed by atoms with Crippen molar-refractivity contribution >= 4 is 11.6 Å². The third kappa shape index (κ3) is 4.58. The van der Waals surface area contributed by atoms with Crippen LogP contribution in [0.2, 0.25) is 0 Å². The minimum atomic E-state index is -0.332. The van der Waals surface area contributed by atoms with Gasteiger partial charge in [0.05, 0.1) is 6.61 Å². The molecule has 0 saturated heterocycles. The average molecular weight is 280 g/mol. The second kappa shape index (κ2) is 6.81. The molecule has 1 saturated carbocycles. The molecule has 0 bridgehead atoms. The van der Waals surface area contributed by atoms with Gasteiger partial charge in [-0.15, -0.1) is 0 Å². The van der Waals surface area contributed by atoms with E-state index in [9.17, 15) is 9.18 Å². The van der Waals surface area contributed by atoms with E-state index in [0.29, 0.717) is 12.3 Å². The molecule has 0 radical (unpaired) electrons. The Morgan fingerprint density at radius 2 is 1.90 bits per heavy atom. The number of carbonyl (C=O) groups excluding carboxylic acids is 1. The van der Waals surface area contributed by atoms with Gasteiger partial charge >= 0.3 is 0 Å². The predicted molar refractivity (Wildman–Crippen MR) is 75.9 cm³/mol. The van der Waals surface area contributed by atoms with E-state index in [2.05, 4.69) is 5.32 Å². The van der Waals surface area contributed by atoms with Crippen LogP contribution in [0.1, 0.15) is 32.1 Å². The summed E-state index contributed by atoms with van der Waals surface area (Å²) < 4.78 is 18.1. The highest BCUT2D eigenvalue weighted by Crippen LogP contribution is 2.25. The Morgan fingerprint density at radius 3 is 2.55 bits per heavy atom. The first kappa shape index (κ1) is 14.9. The summed E-state index contributed by atoms with van der Waals surface area (Å²) in [6, 6.07) is 5.62. The van der Waals surface area contributed by atoms with Crippen LogP contribution in [0.5, 0.6) is 0 Å². The van der Waals surface area contributed by atoms with E-state index in [0.717, 1.165) is 25.7 Å². The lowest BCUT2D eigenvalue weighted by Gasteiger charge is -2.32. The summed E-state index contributed by atoms with van der Waals surface area (Å²) in [7, 11) is 0. The van der Waals surface area contributed by atoms with Gasteiger partial charge in [-0.3, -0.25) is 4.79 Å². The van der Waals surface area contributed by atoms with Crippen molar-refractivity contribution in [3.63, 3.8) is 0 Å². The smallest absolute Gasteiger partial charge is 0.250 e. The van der Waals surface area contributed by atoms with Crippen LogP contribution in [0.3, 0.4) is 0 Å². The molecule has 0 spiro atoms. The molecule has 1 aliphatic carbocycles. The highest BCUT2D eigenvalue weighted by molar-refractivity contribution is 5.91. The maximum Gasteiger partial charge on any atom is 0.250 e. The summed E-state index contributed by atoms with van der Waals surface area (Å²) in [5.41, 5.74) is 6.49. The van der Waals surface area contributed by atoms with Gasteiger partial charge in [0.15, 0.2) is 0 Å². The zero-order valence-electron chi connectivity index (χ0n) is 11.5. The van der Waals surface area contributed by atoms with Crippen LogP contribution in [-0.2, 0) is 9.53 Å². The number of nitrogens with two attached hydrogens (primary N) is 1. The summed E-state index contributed by atoms with van der Waals surface area (Å²) >= 11 is 0. The molecule has 1 aromatic carbocycles. The van der Waals surface area contributed by atoms with E-state index >= 15 is 0 Å². The molecule has 5 heteroatoms. The van der Waals surface area contributed by atoms with E-state index in [1.807, 2.05) is 0 Å². The first-order valence-electron chi connectivity index (χ1n) is 6.99. The van der Waals surface area contributed by atoms with Crippen LogP contribution in [0, 0.1) is 5.82 Å².